The fourth-order valence-corrected chi connectivity index (χ4v) is 3.13. The number of hydrogen-bond donors (Lipinski definition) is 1. The van der Waals surface area contributed by atoms with Gasteiger partial charge < -0.3 is 15.3 Å². The zero-order valence-corrected chi connectivity index (χ0v) is 14.9. The van der Waals surface area contributed by atoms with E-state index >= 15 is 0 Å². The summed E-state index contributed by atoms with van der Waals surface area (Å²) in [5.41, 5.74) is 9.18. The van der Waals surface area contributed by atoms with Gasteiger partial charge in [0, 0.05) is 22.1 Å². The number of fused-ring (bicyclic) bond motifs is 3. The second kappa shape index (κ2) is 7.15. The van der Waals surface area contributed by atoms with Gasteiger partial charge in [0.1, 0.15) is 25.4 Å². The lowest BCUT2D eigenvalue weighted by Gasteiger charge is -2.34. The summed E-state index contributed by atoms with van der Waals surface area (Å²) in [5, 5.41) is 4.20. The molecular weight excluding hydrogens is 361 g/mol. The van der Waals surface area contributed by atoms with Crippen molar-refractivity contribution in [3.05, 3.63) is 41.7 Å². The highest BCUT2D eigenvalue weighted by molar-refractivity contribution is 6.15. The van der Waals surface area contributed by atoms with Crippen molar-refractivity contribution in [2.24, 2.45) is 5.16 Å². The van der Waals surface area contributed by atoms with E-state index < -0.39 is 18.2 Å². The first-order valence-electron chi connectivity index (χ1n) is 8.27. The van der Waals surface area contributed by atoms with Gasteiger partial charge in [0.25, 0.3) is 0 Å². The monoisotopic (exact) mass is 380 g/mol. The number of nitrogen functional groups attached to an aromatic ring is 1. The van der Waals surface area contributed by atoms with Crippen LogP contribution < -0.4 is 5.73 Å². The lowest BCUT2D eigenvalue weighted by atomic mass is 9.70. The number of oxime groups is 1. The molecule has 1 aromatic carbocycles. The molecule has 3 rings (SSSR count). The van der Waals surface area contributed by atoms with Gasteiger partial charge in [-0.3, -0.25) is 0 Å². The Morgan fingerprint density at radius 2 is 1.81 bits per heavy atom. The quantitative estimate of drug-likeness (QED) is 0.636. The predicted molar refractivity (Wildman–Crippen MR) is 94.3 cm³/mol. The highest BCUT2D eigenvalue weighted by Crippen LogP contribution is 2.44. The van der Waals surface area contributed by atoms with Crippen LogP contribution in [-0.4, -0.2) is 41.7 Å². The summed E-state index contributed by atoms with van der Waals surface area (Å²) in [4.78, 5) is 13.7. The lowest BCUT2D eigenvalue weighted by Crippen LogP contribution is -2.36. The molecule has 1 aliphatic rings. The fourth-order valence-electron chi connectivity index (χ4n) is 3.13. The summed E-state index contributed by atoms with van der Waals surface area (Å²) in [6, 6.07) is 7.54. The van der Waals surface area contributed by atoms with E-state index in [2.05, 4.69) is 19.9 Å². The topological polar surface area (TPSA) is 82.6 Å². The van der Waals surface area contributed by atoms with Gasteiger partial charge >= 0.3 is 6.18 Å². The van der Waals surface area contributed by atoms with Crippen LogP contribution in [-0.2, 0) is 15.0 Å². The van der Waals surface area contributed by atoms with Crippen molar-refractivity contribution in [2.75, 3.05) is 25.6 Å². The van der Waals surface area contributed by atoms with Crippen LogP contribution in [0.2, 0.25) is 0 Å². The van der Waals surface area contributed by atoms with Crippen LogP contribution in [0.25, 0.3) is 11.3 Å². The SMILES string of the molecule is CC1(C)C(=NOCCOCC(F)(F)F)c2ccccc2-c2ncnc(N)c21. The Hall–Kier alpha value is -2.68. The van der Waals surface area contributed by atoms with Gasteiger partial charge in [-0.2, -0.15) is 13.2 Å². The maximum atomic E-state index is 12.1. The van der Waals surface area contributed by atoms with Gasteiger partial charge in [0.2, 0.25) is 0 Å². The average Bonchev–Trinajstić information content (AvgIpc) is 2.59. The lowest BCUT2D eigenvalue weighted by molar-refractivity contribution is -0.176. The largest absolute Gasteiger partial charge is 0.411 e. The highest BCUT2D eigenvalue weighted by Gasteiger charge is 2.40. The summed E-state index contributed by atoms with van der Waals surface area (Å²) >= 11 is 0. The van der Waals surface area contributed by atoms with Gasteiger partial charge in [-0.25, -0.2) is 9.97 Å². The van der Waals surface area contributed by atoms with E-state index in [-0.39, 0.29) is 13.2 Å². The minimum Gasteiger partial charge on any atom is -0.393 e. The molecule has 0 saturated heterocycles. The maximum absolute atomic E-state index is 12.1. The summed E-state index contributed by atoms with van der Waals surface area (Å²) in [6.07, 6.45) is -2.95. The Morgan fingerprint density at radius 3 is 2.52 bits per heavy atom. The summed E-state index contributed by atoms with van der Waals surface area (Å²) in [7, 11) is 0. The predicted octanol–water partition coefficient (Wildman–Crippen LogP) is 3.32. The first-order valence-corrected chi connectivity index (χ1v) is 8.27. The van der Waals surface area contributed by atoms with Crippen molar-refractivity contribution >= 4 is 11.5 Å². The standard InChI is InChI=1S/C18H19F3N4O2/c1-17(2)13-14(23-10-24-16(13)22)11-5-3-4-6-12(11)15(17)25-27-8-7-26-9-18(19,20)21/h3-6,10H,7-9H2,1-2H3,(H2,22,23,24). The van der Waals surface area contributed by atoms with Crippen LogP contribution in [0.1, 0.15) is 25.0 Å². The molecule has 0 unspecified atom stereocenters. The summed E-state index contributed by atoms with van der Waals surface area (Å²) in [6.45, 7) is 2.20. The number of aromatic nitrogens is 2. The van der Waals surface area contributed by atoms with Crippen LogP contribution in [0.3, 0.4) is 0 Å². The number of halogens is 3. The van der Waals surface area contributed by atoms with E-state index in [4.69, 9.17) is 10.6 Å². The van der Waals surface area contributed by atoms with Crippen molar-refractivity contribution in [3.63, 3.8) is 0 Å². The average molecular weight is 380 g/mol. The molecule has 2 aromatic rings. The van der Waals surface area contributed by atoms with Gasteiger partial charge in [0.05, 0.1) is 18.0 Å². The number of nitrogens with zero attached hydrogens (tertiary/aromatic N) is 3. The molecule has 1 aliphatic carbocycles. The molecule has 9 heteroatoms. The Morgan fingerprint density at radius 1 is 1.11 bits per heavy atom. The number of hydrogen-bond acceptors (Lipinski definition) is 6. The van der Waals surface area contributed by atoms with E-state index in [0.717, 1.165) is 22.4 Å². The molecule has 1 aromatic heterocycles. The molecule has 0 saturated carbocycles. The van der Waals surface area contributed by atoms with Crippen LogP contribution >= 0.6 is 0 Å². The van der Waals surface area contributed by atoms with Crippen molar-refractivity contribution in [1.82, 2.24) is 9.97 Å². The molecule has 0 atom stereocenters. The second-order valence-electron chi connectivity index (χ2n) is 6.59. The third kappa shape index (κ3) is 3.87. The number of nitrogens with two attached hydrogens (primary N) is 1. The number of rotatable bonds is 5. The molecule has 0 fully saturated rings. The molecule has 0 bridgehead atoms. The second-order valence-corrected chi connectivity index (χ2v) is 6.59. The van der Waals surface area contributed by atoms with E-state index in [1.807, 2.05) is 38.1 Å². The smallest absolute Gasteiger partial charge is 0.393 e. The van der Waals surface area contributed by atoms with Crippen molar-refractivity contribution < 1.29 is 22.7 Å². The maximum Gasteiger partial charge on any atom is 0.411 e. The van der Waals surface area contributed by atoms with Crippen LogP contribution in [0.15, 0.2) is 35.7 Å². The molecule has 0 aliphatic heterocycles. The van der Waals surface area contributed by atoms with Gasteiger partial charge in [0.15, 0.2) is 0 Å². The Labute approximate surface area is 154 Å². The Balaban J connectivity index is 1.86. The number of anilines is 1. The number of alkyl halides is 3. The molecule has 0 radical (unpaired) electrons. The fraction of sp³-hybridized carbons (Fsp3) is 0.389. The van der Waals surface area contributed by atoms with E-state index in [9.17, 15) is 13.2 Å². The molecule has 0 amide bonds. The Kier molecular flexibility index (Phi) is 5.05. The molecule has 0 spiro atoms. The molecule has 6 nitrogen and oxygen atoms in total. The zero-order chi connectivity index (χ0) is 19.7. The van der Waals surface area contributed by atoms with Crippen LogP contribution in [0.4, 0.5) is 19.0 Å². The molecule has 1 heterocycles. The first-order chi connectivity index (χ1) is 12.7. The van der Waals surface area contributed by atoms with Gasteiger partial charge in [-0.1, -0.05) is 29.4 Å². The highest BCUT2D eigenvalue weighted by atomic mass is 19.4. The summed E-state index contributed by atoms with van der Waals surface area (Å²) in [5.74, 6) is 0.348. The minimum atomic E-state index is -4.36. The minimum absolute atomic E-state index is 0.106. The van der Waals surface area contributed by atoms with E-state index in [1.165, 1.54) is 6.33 Å². The van der Waals surface area contributed by atoms with E-state index in [1.54, 1.807) is 0 Å². The number of benzene rings is 1. The summed E-state index contributed by atoms with van der Waals surface area (Å²) < 4.78 is 40.8. The van der Waals surface area contributed by atoms with Crippen LogP contribution in [0, 0.1) is 0 Å². The molecule has 2 N–H and O–H groups in total. The normalized spacial score (nSPS) is 16.7. The molecule has 27 heavy (non-hydrogen) atoms. The third-order valence-electron chi connectivity index (χ3n) is 4.27. The van der Waals surface area contributed by atoms with Gasteiger partial charge in [-0.15, -0.1) is 0 Å². The van der Waals surface area contributed by atoms with Crippen molar-refractivity contribution in [2.45, 2.75) is 25.4 Å². The number of ether oxygens (including phenoxy) is 1. The zero-order valence-electron chi connectivity index (χ0n) is 14.9. The van der Waals surface area contributed by atoms with Crippen molar-refractivity contribution in [1.29, 1.82) is 0 Å². The molecular formula is C18H19F3N4O2. The van der Waals surface area contributed by atoms with Crippen LogP contribution in [0.5, 0.6) is 0 Å². The van der Waals surface area contributed by atoms with Crippen molar-refractivity contribution in [3.8, 4) is 11.3 Å². The molecule has 144 valence electrons. The third-order valence-corrected chi connectivity index (χ3v) is 4.27. The van der Waals surface area contributed by atoms with E-state index in [0.29, 0.717) is 11.5 Å². The first kappa shape index (κ1) is 19.1. The van der Waals surface area contributed by atoms with Gasteiger partial charge in [-0.05, 0) is 13.8 Å². The Bertz CT molecular complexity index is 866.